The Morgan fingerprint density at radius 2 is 1.69 bits per heavy atom. The molecule has 0 bridgehead atoms. The van der Waals surface area contributed by atoms with Crippen molar-refractivity contribution in [3.05, 3.63) is 27.7 Å². The first-order valence-electron chi connectivity index (χ1n) is 6.11. The molecule has 86 valence electrons. The first-order chi connectivity index (χ1) is 7.60. The van der Waals surface area contributed by atoms with Crippen LogP contribution in [-0.2, 0) is 0 Å². The molecule has 0 atom stereocenters. The highest BCUT2D eigenvalue weighted by Gasteiger charge is 2.47. The van der Waals surface area contributed by atoms with Crippen molar-refractivity contribution in [2.75, 3.05) is 18.0 Å². The molecule has 0 aromatic heterocycles. The van der Waals surface area contributed by atoms with E-state index in [2.05, 4.69) is 46.8 Å². The van der Waals surface area contributed by atoms with E-state index >= 15 is 0 Å². The molecule has 0 amide bonds. The van der Waals surface area contributed by atoms with E-state index in [4.69, 9.17) is 0 Å². The number of hydrogen-bond acceptors (Lipinski definition) is 1. The van der Waals surface area contributed by atoms with Gasteiger partial charge in [-0.2, -0.15) is 0 Å². The van der Waals surface area contributed by atoms with Crippen LogP contribution >= 0.6 is 15.9 Å². The molecule has 0 radical (unpaired) electrons. The lowest BCUT2D eigenvalue weighted by Crippen LogP contribution is -2.60. The molecule has 1 saturated heterocycles. The van der Waals surface area contributed by atoms with Crippen molar-refractivity contribution < 1.29 is 0 Å². The monoisotopic (exact) mass is 279 g/mol. The zero-order valence-electron chi connectivity index (χ0n) is 10.0. The average Bonchev–Trinajstić information content (AvgIpc) is 2.03. The Bertz CT molecular complexity index is 403. The Balaban J connectivity index is 1.85. The van der Waals surface area contributed by atoms with Crippen LogP contribution in [0, 0.1) is 19.3 Å². The third kappa shape index (κ3) is 1.50. The van der Waals surface area contributed by atoms with Crippen molar-refractivity contribution in [1.82, 2.24) is 0 Å². The highest BCUT2D eigenvalue weighted by Crippen LogP contribution is 2.50. The van der Waals surface area contributed by atoms with Crippen LogP contribution in [0.5, 0.6) is 0 Å². The second-order valence-corrected chi connectivity index (χ2v) is 6.51. The maximum absolute atomic E-state index is 3.56. The van der Waals surface area contributed by atoms with Gasteiger partial charge in [-0.15, -0.1) is 0 Å². The minimum Gasteiger partial charge on any atom is -0.370 e. The lowest BCUT2D eigenvalue weighted by molar-refractivity contribution is 0.0902. The van der Waals surface area contributed by atoms with E-state index in [9.17, 15) is 0 Å². The largest absolute Gasteiger partial charge is 0.370 e. The Kier molecular flexibility index (Phi) is 2.32. The maximum atomic E-state index is 3.56. The van der Waals surface area contributed by atoms with Gasteiger partial charge in [-0.3, -0.25) is 0 Å². The smallest absolute Gasteiger partial charge is 0.0426 e. The lowest BCUT2D eigenvalue weighted by atomic mass is 9.63. The van der Waals surface area contributed by atoms with Gasteiger partial charge in [0, 0.05) is 28.7 Å². The molecule has 1 heterocycles. The topological polar surface area (TPSA) is 3.24 Å². The third-order valence-electron chi connectivity index (χ3n) is 4.24. The molecule has 1 spiro atoms. The minimum atomic E-state index is 0.714. The van der Waals surface area contributed by atoms with Gasteiger partial charge in [-0.1, -0.05) is 22.4 Å². The van der Waals surface area contributed by atoms with Crippen molar-refractivity contribution in [3.8, 4) is 0 Å². The predicted molar refractivity (Wildman–Crippen MR) is 72.1 cm³/mol. The zero-order valence-corrected chi connectivity index (χ0v) is 11.6. The molecule has 2 fully saturated rings. The van der Waals surface area contributed by atoms with Gasteiger partial charge in [-0.25, -0.2) is 0 Å². The summed E-state index contributed by atoms with van der Waals surface area (Å²) in [7, 11) is 0. The molecule has 1 aliphatic heterocycles. The number of rotatable bonds is 1. The average molecular weight is 280 g/mol. The number of anilines is 1. The van der Waals surface area contributed by atoms with E-state index in [1.807, 2.05) is 0 Å². The SMILES string of the molecule is Cc1cc(Br)cc(C)c1N1CC2(CCC2)C1. The Labute approximate surface area is 106 Å². The molecule has 0 unspecified atom stereocenters. The van der Waals surface area contributed by atoms with E-state index in [1.165, 1.54) is 53.6 Å². The van der Waals surface area contributed by atoms with Crippen molar-refractivity contribution in [1.29, 1.82) is 0 Å². The number of halogens is 1. The molecule has 2 heteroatoms. The van der Waals surface area contributed by atoms with Gasteiger partial charge >= 0.3 is 0 Å². The van der Waals surface area contributed by atoms with Crippen molar-refractivity contribution in [2.24, 2.45) is 5.41 Å². The number of aryl methyl sites for hydroxylation is 2. The molecule has 1 aromatic rings. The predicted octanol–water partition coefficient (Wildman–Crippen LogP) is 4.06. The van der Waals surface area contributed by atoms with Gasteiger partial charge in [0.15, 0.2) is 0 Å². The number of nitrogens with zero attached hydrogens (tertiary/aromatic N) is 1. The number of hydrogen-bond donors (Lipinski definition) is 0. The first-order valence-corrected chi connectivity index (χ1v) is 6.91. The van der Waals surface area contributed by atoms with Gasteiger partial charge in [0.25, 0.3) is 0 Å². The molecule has 1 nitrogen and oxygen atoms in total. The van der Waals surface area contributed by atoms with E-state index in [0.29, 0.717) is 5.41 Å². The molecule has 1 aliphatic carbocycles. The van der Waals surface area contributed by atoms with Crippen molar-refractivity contribution in [2.45, 2.75) is 33.1 Å². The van der Waals surface area contributed by atoms with Gasteiger partial charge < -0.3 is 4.90 Å². The second-order valence-electron chi connectivity index (χ2n) is 5.60. The number of benzene rings is 1. The maximum Gasteiger partial charge on any atom is 0.0426 e. The van der Waals surface area contributed by atoms with E-state index < -0.39 is 0 Å². The van der Waals surface area contributed by atoms with E-state index in [-0.39, 0.29) is 0 Å². The highest BCUT2D eigenvalue weighted by molar-refractivity contribution is 9.10. The Morgan fingerprint density at radius 3 is 2.12 bits per heavy atom. The fourth-order valence-electron chi connectivity index (χ4n) is 3.32. The summed E-state index contributed by atoms with van der Waals surface area (Å²) in [4.78, 5) is 2.57. The van der Waals surface area contributed by atoms with Crippen LogP contribution in [0.15, 0.2) is 16.6 Å². The van der Waals surface area contributed by atoms with Crippen LogP contribution in [-0.4, -0.2) is 13.1 Å². The summed E-state index contributed by atoms with van der Waals surface area (Å²) in [5.74, 6) is 0. The fraction of sp³-hybridized carbons (Fsp3) is 0.571. The van der Waals surface area contributed by atoms with Crippen LogP contribution < -0.4 is 4.90 Å². The molecule has 0 N–H and O–H groups in total. The molecule has 2 aliphatic rings. The molecule has 3 rings (SSSR count). The summed E-state index contributed by atoms with van der Waals surface area (Å²) in [6, 6.07) is 4.46. The van der Waals surface area contributed by atoms with Gasteiger partial charge in [0.05, 0.1) is 0 Å². The minimum absolute atomic E-state index is 0.714. The van der Waals surface area contributed by atoms with E-state index in [0.717, 1.165) is 0 Å². The normalized spacial score (nSPS) is 21.8. The molecular weight excluding hydrogens is 262 g/mol. The van der Waals surface area contributed by atoms with Crippen molar-refractivity contribution in [3.63, 3.8) is 0 Å². The molecule has 16 heavy (non-hydrogen) atoms. The van der Waals surface area contributed by atoms with Gasteiger partial charge in [-0.05, 0) is 49.9 Å². The van der Waals surface area contributed by atoms with Crippen LogP contribution in [0.4, 0.5) is 5.69 Å². The van der Waals surface area contributed by atoms with Crippen LogP contribution in [0.25, 0.3) is 0 Å². The van der Waals surface area contributed by atoms with E-state index in [1.54, 1.807) is 0 Å². The lowest BCUT2D eigenvalue weighted by Gasteiger charge is -2.57. The summed E-state index contributed by atoms with van der Waals surface area (Å²) in [6.07, 6.45) is 4.36. The molecule has 1 aromatic carbocycles. The van der Waals surface area contributed by atoms with Crippen LogP contribution in [0.3, 0.4) is 0 Å². The van der Waals surface area contributed by atoms with Crippen molar-refractivity contribution >= 4 is 21.6 Å². The Morgan fingerprint density at radius 1 is 1.12 bits per heavy atom. The zero-order chi connectivity index (χ0) is 11.3. The first kappa shape index (κ1) is 10.6. The van der Waals surface area contributed by atoms with Gasteiger partial charge in [0.1, 0.15) is 0 Å². The molecular formula is C14H18BrN. The fourth-order valence-corrected chi connectivity index (χ4v) is 4.00. The summed E-state index contributed by atoms with van der Waals surface area (Å²) >= 11 is 3.56. The second kappa shape index (κ2) is 3.49. The quantitative estimate of drug-likeness (QED) is 0.750. The standard InChI is InChI=1S/C14H18BrN/c1-10-6-12(15)7-11(2)13(10)16-8-14(9-16)4-3-5-14/h6-7H,3-5,8-9H2,1-2H3. The summed E-state index contributed by atoms with van der Waals surface area (Å²) in [5.41, 5.74) is 4.99. The van der Waals surface area contributed by atoms with Crippen LogP contribution in [0.2, 0.25) is 0 Å². The highest BCUT2D eigenvalue weighted by atomic mass is 79.9. The third-order valence-corrected chi connectivity index (χ3v) is 4.70. The van der Waals surface area contributed by atoms with Gasteiger partial charge in [0.2, 0.25) is 0 Å². The van der Waals surface area contributed by atoms with Crippen LogP contribution in [0.1, 0.15) is 30.4 Å². The summed E-state index contributed by atoms with van der Waals surface area (Å²) in [5, 5.41) is 0. The Hall–Kier alpha value is -0.500. The summed E-state index contributed by atoms with van der Waals surface area (Å²) < 4.78 is 1.20. The molecule has 1 saturated carbocycles. The summed E-state index contributed by atoms with van der Waals surface area (Å²) in [6.45, 7) is 7.02.